The molecule has 0 spiro atoms. The van der Waals surface area contributed by atoms with Crippen molar-refractivity contribution in [2.24, 2.45) is 10.9 Å². The Hall–Kier alpha value is -2.57. The monoisotopic (exact) mass is 415 g/mol. The first kappa shape index (κ1) is 23.7. The summed E-state index contributed by atoms with van der Waals surface area (Å²) in [5.74, 6) is 1.12. The SMILES string of the molecule is CCNC(=NCCc1cccc(C(=O)N(C)C)c1)NCCNC(=O)C1CCCCC1. The molecule has 1 fully saturated rings. The summed E-state index contributed by atoms with van der Waals surface area (Å²) in [5, 5.41) is 9.54. The standard InChI is InChI=1S/C23H37N5O2/c1-4-24-23(27-16-15-25-21(29)19-10-6-5-7-11-19)26-14-13-18-9-8-12-20(17-18)22(30)28(2)3/h8-9,12,17,19H,4-7,10-11,13-16H2,1-3H3,(H,25,29)(H2,24,26,27). The summed E-state index contributed by atoms with van der Waals surface area (Å²) in [4.78, 5) is 30.5. The van der Waals surface area contributed by atoms with E-state index >= 15 is 0 Å². The molecular formula is C23H37N5O2. The van der Waals surface area contributed by atoms with Crippen molar-refractivity contribution in [2.75, 3.05) is 40.3 Å². The number of hydrogen-bond acceptors (Lipinski definition) is 3. The molecule has 0 unspecified atom stereocenters. The van der Waals surface area contributed by atoms with Gasteiger partial charge in [-0.15, -0.1) is 0 Å². The van der Waals surface area contributed by atoms with Crippen molar-refractivity contribution in [3.8, 4) is 0 Å². The topological polar surface area (TPSA) is 85.8 Å². The van der Waals surface area contributed by atoms with E-state index in [-0.39, 0.29) is 17.7 Å². The lowest BCUT2D eigenvalue weighted by Gasteiger charge is -2.21. The second-order valence-corrected chi connectivity index (χ2v) is 7.96. The van der Waals surface area contributed by atoms with Crippen LogP contribution in [0.25, 0.3) is 0 Å². The fraction of sp³-hybridized carbons (Fsp3) is 0.609. The lowest BCUT2D eigenvalue weighted by molar-refractivity contribution is -0.125. The molecule has 0 radical (unpaired) electrons. The molecule has 0 bridgehead atoms. The Bertz CT molecular complexity index is 711. The van der Waals surface area contributed by atoms with Crippen molar-refractivity contribution in [1.82, 2.24) is 20.9 Å². The van der Waals surface area contributed by atoms with Crippen LogP contribution in [0.15, 0.2) is 29.3 Å². The van der Waals surface area contributed by atoms with Crippen LogP contribution >= 0.6 is 0 Å². The van der Waals surface area contributed by atoms with Gasteiger partial charge in [0.25, 0.3) is 5.91 Å². The highest BCUT2D eigenvalue weighted by atomic mass is 16.2. The first-order valence-electron chi connectivity index (χ1n) is 11.1. The Balaban J connectivity index is 1.76. The van der Waals surface area contributed by atoms with Gasteiger partial charge in [0.15, 0.2) is 5.96 Å². The first-order chi connectivity index (χ1) is 14.5. The first-order valence-corrected chi connectivity index (χ1v) is 11.1. The fourth-order valence-corrected chi connectivity index (χ4v) is 3.63. The molecule has 0 saturated heterocycles. The largest absolute Gasteiger partial charge is 0.357 e. The second kappa shape index (κ2) is 12.9. The maximum atomic E-state index is 12.2. The lowest BCUT2D eigenvalue weighted by atomic mass is 9.89. The summed E-state index contributed by atoms with van der Waals surface area (Å²) in [6.07, 6.45) is 6.38. The summed E-state index contributed by atoms with van der Waals surface area (Å²) in [6, 6.07) is 7.69. The van der Waals surface area contributed by atoms with E-state index in [1.807, 2.05) is 31.2 Å². The minimum atomic E-state index is 0.00521. The molecule has 0 atom stereocenters. The van der Waals surface area contributed by atoms with E-state index in [0.717, 1.165) is 37.3 Å². The Morgan fingerprint density at radius 3 is 2.50 bits per heavy atom. The number of guanidine groups is 1. The van der Waals surface area contributed by atoms with E-state index in [0.29, 0.717) is 25.2 Å². The number of amides is 2. The van der Waals surface area contributed by atoms with Crippen molar-refractivity contribution < 1.29 is 9.59 Å². The normalized spacial score (nSPS) is 14.8. The fourth-order valence-electron chi connectivity index (χ4n) is 3.63. The van der Waals surface area contributed by atoms with E-state index < -0.39 is 0 Å². The van der Waals surface area contributed by atoms with E-state index in [1.54, 1.807) is 19.0 Å². The minimum absolute atomic E-state index is 0.00521. The Labute approximate surface area is 180 Å². The molecule has 7 heteroatoms. The molecule has 2 rings (SSSR count). The molecule has 30 heavy (non-hydrogen) atoms. The maximum absolute atomic E-state index is 12.2. The van der Waals surface area contributed by atoms with Gasteiger partial charge in [-0.2, -0.15) is 0 Å². The zero-order chi connectivity index (χ0) is 21.8. The summed E-state index contributed by atoms with van der Waals surface area (Å²) < 4.78 is 0. The van der Waals surface area contributed by atoms with Crippen molar-refractivity contribution in [3.63, 3.8) is 0 Å². The molecule has 0 heterocycles. The van der Waals surface area contributed by atoms with Gasteiger partial charge in [0.2, 0.25) is 5.91 Å². The van der Waals surface area contributed by atoms with Crippen LogP contribution in [0.4, 0.5) is 0 Å². The zero-order valence-electron chi connectivity index (χ0n) is 18.7. The molecule has 1 aromatic rings. The molecule has 2 amide bonds. The van der Waals surface area contributed by atoms with Gasteiger partial charge in [-0.3, -0.25) is 14.6 Å². The summed E-state index contributed by atoms with van der Waals surface area (Å²) in [5.41, 5.74) is 1.78. The summed E-state index contributed by atoms with van der Waals surface area (Å²) in [6.45, 7) is 4.64. The summed E-state index contributed by atoms with van der Waals surface area (Å²) in [7, 11) is 3.51. The van der Waals surface area contributed by atoms with Crippen LogP contribution < -0.4 is 16.0 Å². The van der Waals surface area contributed by atoms with E-state index in [9.17, 15) is 9.59 Å². The average Bonchev–Trinajstić information content (AvgIpc) is 2.76. The van der Waals surface area contributed by atoms with Gasteiger partial charge < -0.3 is 20.9 Å². The predicted molar refractivity (Wildman–Crippen MR) is 122 cm³/mol. The number of benzene rings is 1. The van der Waals surface area contributed by atoms with Crippen molar-refractivity contribution >= 4 is 17.8 Å². The van der Waals surface area contributed by atoms with Gasteiger partial charge in [-0.05, 0) is 43.9 Å². The van der Waals surface area contributed by atoms with Gasteiger partial charge in [0.1, 0.15) is 0 Å². The van der Waals surface area contributed by atoms with Crippen LogP contribution in [0.3, 0.4) is 0 Å². The lowest BCUT2D eigenvalue weighted by Crippen LogP contribution is -2.42. The van der Waals surface area contributed by atoms with E-state index in [4.69, 9.17) is 0 Å². The molecular weight excluding hydrogens is 378 g/mol. The van der Waals surface area contributed by atoms with Crippen molar-refractivity contribution in [2.45, 2.75) is 45.4 Å². The molecule has 7 nitrogen and oxygen atoms in total. The number of hydrogen-bond donors (Lipinski definition) is 3. The van der Waals surface area contributed by atoms with Gasteiger partial charge in [0.05, 0.1) is 0 Å². The zero-order valence-corrected chi connectivity index (χ0v) is 18.7. The average molecular weight is 416 g/mol. The smallest absolute Gasteiger partial charge is 0.253 e. The highest BCUT2D eigenvalue weighted by molar-refractivity contribution is 5.94. The van der Waals surface area contributed by atoms with Crippen LogP contribution in [0.5, 0.6) is 0 Å². The molecule has 3 N–H and O–H groups in total. The van der Waals surface area contributed by atoms with Gasteiger partial charge in [0, 0.05) is 51.8 Å². The summed E-state index contributed by atoms with van der Waals surface area (Å²) >= 11 is 0. The highest BCUT2D eigenvalue weighted by Gasteiger charge is 2.20. The molecule has 1 saturated carbocycles. The van der Waals surface area contributed by atoms with Crippen LogP contribution in [0.1, 0.15) is 54.9 Å². The molecule has 1 aromatic carbocycles. The quantitative estimate of drug-likeness (QED) is 0.328. The van der Waals surface area contributed by atoms with Gasteiger partial charge in [-0.25, -0.2) is 0 Å². The Morgan fingerprint density at radius 1 is 1.07 bits per heavy atom. The number of carbonyl (C=O) groups excluding carboxylic acids is 2. The number of nitrogens with zero attached hydrogens (tertiary/aromatic N) is 2. The molecule has 1 aliphatic rings. The molecule has 0 aromatic heterocycles. The third-order valence-electron chi connectivity index (χ3n) is 5.29. The number of nitrogens with one attached hydrogen (secondary N) is 3. The Kier molecular flexibility index (Phi) is 10.2. The van der Waals surface area contributed by atoms with Gasteiger partial charge in [-0.1, -0.05) is 31.4 Å². The van der Waals surface area contributed by atoms with E-state index in [1.165, 1.54) is 19.3 Å². The molecule has 1 aliphatic carbocycles. The van der Waals surface area contributed by atoms with Gasteiger partial charge >= 0.3 is 0 Å². The molecule has 0 aliphatic heterocycles. The predicted octanol–water partition coefficient (Wildman–Crippen LogP) is 2.18. The van der Waals surface area contributed by atoms with Crippen LogP contribution in [-0.4, -0.2) is 62.9 Å². The van der Waals surface area contributed by atoms with Crippen molar-refractivity contribution in [3.05, 3.63) is 35.4 Å². The third kappa shape index (κ3) is 8.05. The maximum Gasteiger partial charge on any atom is 0.253 e. The highest BCUT2D eigenvalue weighted by Crippen LogP contribution is 2.23. The number of carbonyl (C=O) groups is 2. The minimum Gasteiger partial charge on any atom is -0.357 e. The van der Waals surface area contributed by atoms with Crippen LogP contribution in [-0.2, 0) is 11.2 Å². The number of aliphatic imine (C=N–C) groups is 1. The van der Waals surface area contributed by atoms with Crippen LogP contribution in [0, 0.1) is 5.92 Å². The Morgan fingerprint density at radius 2 is 1.80 bits per heavy atom. The van der Waals surface area contributed by atoms with Crippen molar-refractivity contribution in [1.29, 1.82) is 0 Å². The second-order valence-electron chi connectivity index (χ2n) is 7.96. The number of rotatable bonds is 9. The van der Waals surface area contributed by atoms with Crippen LogP contribution in [0.2, 0.25) is 0 Å². The van der Waals surface area contributed by atoms with E-state index in [2.05, 4.69) is 20.9 Å². The third-order valence-corrected chi connectivity index (χ3v) is 5.29. The molecule has 166 valence electrons.